The van der Waals surface area contributed by atoms with Crippen molar-refractivity contribution >= 4 is 22.8 Å². The van der Waals surface area contributed by atoms with E-state index in [1.165, 1.54) is 0 Å². The Morgan fingerprint density at radius 1 is 1.00 bits per heavy atom. The molecule has 0 spiro atoms. The summed E-state index contributed by atoms with van der Waals surface area (Å²) >= 11 is 0. The van der Waals surface area contributed by atoms with Crippen molar-refractivity contribution < 1.29 is 19.1 Å². The highest BCUT2D eigenvalue weighted by Crippen LogP contribution is 2.31. The fourth-order valence-corrected chi connectivity index (χ4v) is 3.53. The lowest BCUT2D eigenvalue weighted by atomic mass is 9.90. The van der Waals surface area contributed by atoms with Crippen LogP contribution in [0.3, 0.4) is 0 Å². The molecule has 160 valence electrons. The third-order valence-corrected chi connectivity index (χ3v) is 5.24. The average molecular weight is 426 g/mol. The second kappa shape index (κ2) is 9.90. The van der Waals surface area contributed by atoms with Gasteiger partial charge in [-0.3, -0.25) is 4.79 Å². The van der Waals surface area contributed by atoms with Gasteiger partial charge in [-0.15, -0.1) is 0 Å². The summed E-state index contributed by atoms with van der Waals surface area (Å²) in [6.45, 7) is 7.27. The van der Waals surface area contributed by atoms with E-state index in [-0.39, 0.29) is 18.9 Å². The van der Waals surface area contributed by atoms with E-state index in [4.69, 9.17) is 15.7 Å². The molecule has 0 fully saturated rings. The minimum absolute atomic E-state index is 0.00268. The molecular formula is C26H22N2O4. The Labute approximate surface area is 185 Å². The zero-order chi connectivity index (χ0) is 22.3. The van der Waals surface area contributed by atoms with E-state index >= 15 is 0 Å². The number of carbonyl (C=O) groups is 1. The molecule has 1 aromatic heterocycles. The van der Waals surface area contributed by atoms with Crippen LogP contribution in [0, 0.1) is 12.5 Å². The Balaban J connectivity index is 1.52. The number of ether oxygens (including phenoxy) is 1. The Hall–Kier alpha value is -3.95. The largest absolute Gasteiger partial charge is 0.461 e. The first-order valence-electron chi connectivity index (χ1n) is 10.3. The van der Waals surface area contributed by atoms with Crippen LogP contribution in [0.4, 0.5) is 5.69 Å². The predicted octanol–water partition coefficient (Wildman–Crippen LogP) is 5.40. The van der Waals surface area contributed by atoms with Gasteiger partial charge in [-0.25, -0.2) is 9.83 Å². The van der Waals surface area contributed by atoms with Crippen LogP contribution in [-0.2, 0) is 22.6 Å². The molecule has 1 heterocycles. The van der Waals surface area contributed by atoms with Crippen molar-refractivity contribution in [1.82, 2.24) is 4.98 Å². The number of aliphatic hydroxyl groups is 1. The van der Waals surface area contributed by atoms with Gasteiger partial charge in [-0.1, -0.05) is 72.3 Å². The lowest BCUT2D eigenvalue weighted by molar-refractivity contribution is -0.147. The van der Waals surface area contributed by atoms with Crippen molar-refractivity contribution in [2.24, 2.45) is 5.92 Å². The molecule has 0 aliphatic rings. The SMILES string of the molecule is [C-]#[N+]c1ccc(C[C@H](CC(=O)OCc2ccccc2)C(O)c2nc3ccccc3o2)cc1. The summed E-state index contributed by atoms with van der Waals surface area (Å²) in [4.78, 5) is 20.4. The van der Waals surface area contributed by atoms with E-state index in [0.29, 0.717) is 23.2 Å². The number of benzene rings is 3. The smallest absolute Gasteiger partial charge is 0.306 e. The van der Waals surface area contributed by atoms with Gasteiger partial charge in [0.2, 0.25) is 5.89 Å². The first kappa shape index (κ1) is 21.3. The number of nitrogens with zero attached hydrogens (tertiary/aromatic N) is 2. The monoisotopic (exact) mass is 426 g/mol. The molecule has 1 unspecified atom stereocenters. The zero-order valence-corrected chi connectivity index (χ0v) is 17.3. The molecule has 1 N–H and O–H groups in total. The minimum atomic E-state index is -1.09. The number of esters is 1. The maximum absolute atomic E-state index is 12.6. The molecule has 4 rings (SSSR count). The molecule has 6 heteroatoms. The van der Waals surface area contributed by atoms with Crippen LogP contribution in [0.15, 0.2) is 83.3 Å². The van der Waals surface area contributed by atoms with Crippen LogP contribution in [0.5, 0.6) is 0 Å². The highest BCUT2D eigenvalue weighted by Gasteiger charge is 2.29. The van der Waals surface area contributed by atoms with Crippen molar-refractivity contribution in [1.29, 1.82) is 0 Å². The molecule has 2 atom stereocenters. The van der Waals surface area contributed by atoms with Crippen molar-refractivity contribution in [3.63, 3.8) is 0 Å². The van der Waals surface area contributed by atoms with E-state index < -0.39 is 18.0 Å². The quantitative estimate of drug-likeness (QED) is 0.301. The first-order valence-corrected chi connectivity index (χ1v) is 10.3. The van der Waals surface area contributed by atoms with Gasteiger partial charge < -0.3 is 14.3 Å². The lowest BCUT2D eigenvalue weighted by Gasteiger charge is -2.20. The molecule has 0 aliphatic carbocycles. The highest BCUT2D eigenvalue weighted by molar-refractivity contribution is 5.72. The molecule has 0 saturated carbocycles. The number of carbonyl (C=O) groups excluding carboxylic acids is 1. The Morgan fingerprint density at radius 2 is 1.72 bits per heavy atom. The van der Waals surface area contributed by atoms with Crippen molar-refractivity contribution in [2.45, 2.75) is 25.6 Å². The molecule has 4 aromatic rings. The number of aromatic nitrogens is 1. The molecule has 0 saturated heterocycles. The van der Waals surface area contributed by atoms with E-state index in [1.807, 2.05) is 54.6 Å². The van der Waals surface area contributed by atoms with Gasteiger partial charge in [0.05, 0.1) is 13.0 Å². The van der Waals surface area contributed by atoms with Crippen LogP contribution >= 0.6 is 0 Å². The second-order valence-corrected chi connectivity index (χ2v) is 7.56. The van der Waals surface area contributed by atoms with Crippen molar-refractivity contribution in [3.05, 3.63) is 107 Å². The fraction of sp³-hybridized carbons (Fsp3) is 0.192. The van der Waals surface area contributed by atoms with Gasteiger partial charge in [0, 0.05) is 5.92 Å². The topological polar surface area (TPSA) is 76.9 Å². The summed E-state index contributed by atoms with van der Waals surface area (Å²) in [7, 11) is 0. The van der Waals surface area contributed by atoms with Crippen LogP contribution < -0.4 is 0 Å². The summed E-state index contributed by atoms with van der Waals surface area (Å²) < 4.78 is 11.2. The maximum Gasteiger partial charge on any atom is 0.306 e. The molecule has 3 aromatic carbocycles. The summed E-state index contributed by atoms with van der Waals surface area (Å²) in [5, 5.41) is 11.1. The van der Waals surface area contributed by atoms with Crippen LogP contribution in [0.25, 0.3) is 15.9 Å². The standard InChI is InChI=1S/C26H22N2O4/c1-27-21-13-11-18(12-14-21)15-20(16-24(29)31-17-19-7-3-2-4-8-19)25(30)26-28-22-9-5-6-10-23(22)32-26/h2-14,20,25,30H,15-17H2/t20-,25?/m1/s1. The summed E-state index contributed by atoms with van der Waals surface area (Å²) in [6, 6.07) is 23.8. The predicted molar refractivity (Wildman–Crippen MR) is 120 cm³/mol. The summed E-state index contributed by atoms with van der Waals surface area (Å²) in [5.74, 6) is -0.748. The van der Waals surface area contributed by atoms with Crippen molar-refractivity contribution in [2.75, 3.05) is 0 Å². The van der Waals surface area contributed by atoms with Gasteiger partial charge in [-0.2, -0.15) is 0 Å². The summed E-state index contributed by atoms with van der Waals surface area (Å²) in [5.41, 5.74) is 3.55. The van der Waals surface area contributed by atoms with Gasteiger partial charge in [-0.05, 0) is 24.1 Å². The van der Waals surface area contributed by atoms with E-state index in [1.54, 1.807) is 24.3 Å². The highest BCUT2D eigenvalue weighted by atomic mass is 16.5. The van der Waals surface area contributed by atoms with Crippen molar-refractivity contribution in [3.8, 4) is 0 Å². The third-order valence-electron chi connectivity index (χ3n) is 5.24. The van der Waals surface area contributed by atoms with E-state index in [0.717, 1.165) is 11.1 Å². The van der Waals surface area contributed by atoms with E-state index in [2.05, 4.69) is 9.83 Å². The number of hydrogen-bond donors (Lipinski definition) is 1. The fourth-order valence-electron chi connectivity index (χ4n) is 3.53. The number of oxazole rings is 1. The number of fused-ring (bicyclic) bond motifs is 1. The maximum atomic E-state index is 12.6. The third kappa shape index (κ3) is 5.20. The zero-order valence-electron chi connectivity index (χ0n) is 17.3. The van der Waals surface area contributed by atoms with Crippen LogP contribution in [0.2, 0.25) is 0 Å². The minimum Gasteiger partial charge on any atom is -0.461 e. The molecule has 6 nitrogen and oxygen atoms in total. The molecule has 0 aliphatic heterocycles. The van der Waals surface area contributed by atoms with Crippen LogP contribution in [0.1, 0.15) is 29.5 Å². The molecular weight excluding hydrogens is 404 g/mol. The number of aliphatic hydroxyl groups excluding tert-OH is 1. The first-order chi connectivity index (χ1) is 15.6. The molecule has 0 radical (unpaired) electrons. The normalized spacial score (nSPS) is 12.8. The average Bonchev–Trinajstić information content (AvgIpc) is 3.27. The van der Waals surface area contributed by atoms with Gasteiger partial charge in [0.15, 0.2) is 11.3 Å². The number of hydrogen-bond acceptors (Lipinski definition) is 5. The summed E-state index contributed by atoms with van der Waals surface area (Å²) in [6.07, 6.45) is -0.692. The second-order valence-electron chi connectivity index (χ2n) is 7.56. The van der Waals surface area contributed by atoms with Gasteiger partial charge in [0.25, 0.3) is 0 Å². The Kier molecular flexibility index (Phi) is 6.59. The molecule has 0 bridgehead atoms. The van der Waals surface area contributed by atoms with Gasteiger partial charge >= 0.3 is 5.97 Å². The number of rotatable bonds is 8. The molecule has 32 heavy (non-hydrogen) atoms. The van der Waals surface area contributed by atoms with Crippen LogP contribution in [-0.4, -0.2) is 16.1 Å². The number of para-hydroxylation sites is 2. The van der Waals surface area contributed by atoms with E-state index in [9.17, 15) is 9.90 Å². The Morgan fingerprint density at radius 3 is 2.44 bits per heavy atom. The Bertz CT molecular complexity index is 1190. The molecule has 0 amide bonds. The lowest BCUT2D eigenvalue weighted by Crippen LogP contribution is -2.21. The van der Waals surface area contributed by atoms with Gasteiger partial charge in [0.1, 0.15) is 18.2 Å².